The first-order chi connectivity index (χ1) is 21.1. The quantitative estimate of drug-likeness (QED) is 0.199. The molecule has 4 N–H and O–H groups in total. The van der Waals surface area contributed by atoms with E-state index in [0.717, 1.165) is 30.8 Å². The number of hydrogen-bond acceptors (Lipinski definition) is 5. The van der Waals surface area contributed by atoms with E-state index in [-0.39, 0.29) is 24.8 Å². The number of aliphatic hydroxyl groups is 1. The molecule has 3 aromatic carbocycles. The third-order valence-electron chi connectivity index (χ3n) is 8.45. The van der Waals surface area contributed by atoms with Crippen molar-refractivity contribution in [3.05, 3.63) is 94.8 Å². The molecular formula is C35H45FN4O4. The molecule has 44 heavy (non-hydrogen) atoms. The van der Waals surface area contributed by atoms with Gasteiger partial charge in [-0.2, -0.15) is 0 Å². The van der Waals surface area contributed by atoms with Gasteiger partial charge in [-0.05, 0) is 81.6 Å². The van der Waals surface area contributed by atoms with Crippen LogP contribution in [0, 0.1) is 18.7 Å². The Morgan fingerprint density at radius 2 is 1.82 bits per heavy atom. The largest absolute Gasteiger partial charge is 0.465 e. The van der Waals surface area contributed by atoms with Gasteiger partial charge in [0.25, 0.3) is 5.91 Å². The van der Waals surface area contributed by atoms with Crippen LogP contribution < -0.4 is 10.6 Å². The topological polar surface area (TPSA) is 105 Å². The van der Waals surface area contributed by atoms with Gasteiger partial charge in [-0.1, -0.05) is 54.1 Å². The molecule has 8 nitrogen and oxygen atoms in total. The molecule has 3 aromatic rings. The summed E-state index contributed by atoms with van der Waals surface area (Å²) in [7, 11) is 4.07. The normalized spacial score (nSPS) is 16.5. The van der Waals surface area contributed by atoms with Crippen LogP contribution in [-0.2, 0) is 12.1 Å². The number of nitrogens with zero attached hydrogens (tertiary/aromatic N) is 2. The number of aryl methyl sites for hydroxylation is 1. The highest BCUT2D eigenvalue weighted by molar-refractivity contribution is 5.94. The highest BCUT2D eigenvalue weighted by Gasteiger charge is 2.43. The van der Waals surface area contributed by atoms with E-state index in [1.807, 2.05) is 69.6 Å². The Morgan fingerprint density at radius 3 is 2.52 bits per heavy atom. The SMILES string of the molecule is Cc1cccc(-c2c(F)cccc2C(O)(CCCNC(=O)O)C2CCCN(C(=O)c3ccc(CNCCN(C)C)cc3)C2)c1. The van der Waals surface area contributed by atoms with Gasteiger partial charge in [0, 0.05) is 56.3 Å². The lowest BCUT2D eigenvalue weighted by molar-refractivity contribution is -0.0564. The second-order valence-corrected chi connectivity index (χ2v) is 12.1. The monoisotopic (exact) mass is 604 g/mol. The van der Waals surface area contributed by atoms with Crippen LogP contribution in [0.4, 0.5) is 9.18 Å². The predicted molar refractivity (Wildman–Crippen MR) is 171 cm³/mol. The molecule has 1 fully saturated rings. The Hall–Kier alpha value is -3.79. The van der Waals surface area contributed by atoms with E-state index in [1.165, 1.54) is 6.07 Å². The number of hydrogen-bond donors (Lipinski definition) is 4. The van der Waals surface area contributed by atoms with Crippen LogP contribution in [0.25, 0.3) is 11.1 Å². The molecule has 1 saturated heterocycles. The smallest absolute Gasteiger partial charge is 0.404 e. The first-order valence-corrected chi connectivity index (χ1v) is 15.4. The van der Waals surface area contributed by atoms with Crippen molar-refractivity contribution in [1.82, 2.24) is 20.4 Å². The van der Waals surface area contributed by atoms with E-state index in [2.05, 4.69) is 15.5 Å². The summed E-state index contributed by atoms with van der Waals surface area (Å²) < 4.78 is 15.6. The van der Waals surface area contributed by atoms with E-state index in [4.69, 9.17) is 5.11 Å². The van der Waals surface area contributed by atoms with Crippen LogP contribution in [0.15, 0.2) is 66.7 Å². The number of likely N-dealkylation sites (tertiary alicyclic amines) is 1. The Balaban J connectivity index is 1.58. The summed E-state index contributed by atoms with van der Waals surface area (Å²) in [6, 6.07) is 19.9. The fraction of sp³-hybridized carbons (Fsp3) is 0.429. The molecule has 236 valence electrons. The van der Waals surface area contributed by atoms with Crippen LogP contribution in [0.5, 0.6) is 0 Å². The van der Waals surface area contributed by atoms with Crippen LogP contribution in [0.1, 0.15) is 52.7 Å². The second-order valence-electron chi connectivity index (χ2n) is 12.1. The Kier molecular flexibility index (Phi) is 11.5. The van der Waals surface area contributed by atoms with Crippen LogP contribution in [-0.4, -0.2) is 78.8 Å². The van der Waals surface area contributed by atoms with Crippen LogP contribution in [0.2, 0.25) is 0 Å². The average Bonchev–Trinajstić information content (AvgIpc) is 3.01. The lowest BCUT2D eigenvalue weighted by Gasteiger charge is -2.43. The van der Waals surface area contributed by atoms with Crippen molar-refractivity contribution in [2.45, 2.75) is 44.8 Å². The molecule has 1 aliphatic heterocycles. The summed E-state index contributed by atoms with van der Waals surface area (Å²) in [6.07, 6.45) is 0.756. The summed E-state index contributed by atoms with van der Waals surface area (Å²) >= 11 is 0. The maximum atomic E-state index is 15.6. The third kappa shape index (κ3) is 8.43. The maximum absolute atomic E-state index is 15.6. The van der Waals surface area contributed by atoms with Gasteiger partial charge in [-0.15, -0.1) is 0 Å². The molecule has 9 heteroatoms. The molecule has 4 rings (SSSR count). The molecule has 0 aromatic heterocycles. The minimum atomic E-state index is -1.50. The highest BCUT2D eigenvalue weighted by atomic mass is 19.1. The van der Waals surface area contributed by atoms with Gasteiger partial charge in [-0.3, -0.25) is 4.79 Å². The third-order valence-corrected chi connectivity index (χ3v) is 8.45. The number of carbonyl (C=O) groups is 2. The number of nitrogens with one attached hydrogen (secondary N) is 2. The summed E-state index contributed by atoms with van der Waals surface area (Å²) in [5.41, 5.74) is 2.62. The zero-order valence-electron chi connectivity index (χ0n) is 26.0. The van der Waals surface area contributed by atoms with Gasteiger partial charge < -0.3 is 30.6 Å². The standard InChI is InChI=1S/C35H45FN4O4/c1-25-8-4-9-28(22-25)32-30(11-5-12-31(32)36)35(44,17-7-18-38-34(42)43)29-10-6-20-40(24-29)33(41)27-15-13-26(14-16-27)23-37-19-21-39(2)3/h4-5,8-9,11-16,22,29,37-38,44H,6-7,10,17-21,23-24H2,1-3H3,(H,42,43). The molecule has 1 heterocycles. The van der Waals surface area contributed by atoms with Gasteiger partial charge >= 0.3 is 6.09 Å². The van der Waals surface area contributed by atoms with Gasteiger partial charge in [0.15, 0.2) is 0 Å². The van der Waals surface area contributed by atoms with Crippen molar-refractivity contribution >= 4 is 12.0 Å². The molecule has 0 saturated carbocycles. The average molecular weight is 605 g/mol. The summed E-state index contributed by atoms with van der Waals surface area (Å²) in [4.78, 5) is 28.7. The van der Waals surface area contributed by atoms with Crippen LogP contribution in [0.3, 0.4) is 0 Å². The lowest BCUT2D eigenvalue weighted by atomic mass is 9.72. The number of amides is 2. The van der Waals surface area contributed by atoms with Crippen molar-refractivity contribution in [3.8, 4) is 11.1 Å². The van der Waals surface area contributed by atoms with E-state index >= 15 is 4.39 Å². The van der Waals surface area contributed by atoms with E-state index in [0.29, 0.717) is 54.6 Å². The molecule has 2 amide bonds. The second kappa shape index (κ2) is 15.3. The van der Waals surface area contributed by atoms with Crippen molar-refractivity contribution in [2.75, 3.05) is 46.8 Å². The van der Waals surface area contributed by atoms with Gasteiger partial charge in [0.1, 0.15) is 5.82 Å². The molecular weight excluding hydrogens is 559 g/mol. The van der Waals surface area contributed by atoms with Gasteiger partial charge in [0.2, 0.25) is 0 Å². The van der Waals surface area contributed by atoms with E-state index in [1.54, 1.807) is 17.0 Å². The lowest BCUT2D eigenvalue weighted by Crippen LogP contribution is -2.48. The van der Waals surface area contributed by atoms with Crippen LogP contribution >= 0.6 is 0 Å². The summed E-state index contributed by atoms with van der Waals surface area (Å²) in [5.74, 6) is -0.916. The number of piperidine rings is 1. The first-order valence-electron chi connectivity index (χ1n) is 15.4. The minimum Gasteiger partial charge on any atom is -0.465 e. The fourth-order valence-electron chi connectivity index (χ4n) is 6.13. The molecule has 1 aliphatic rings. The van der Waals surface area contributed by atoms with Crippen molar-refractivity contribution in [3.63, 3.8) is 0 Å². The summed E-state index contributed by atoms with van der Waals surface area (Å²) in [5, 5.41) is 27.4. The molecule has 0 aliphatic carbocycles. The number of halogens is 1. The van der Waals surface area contributed by atoms with Crippen molar-refractivity contribution < 1.29 is 24.2 Å². The molecule has 2 atom stereocenters. The van der Waals surface area contributed by atoms with E-state index in [9.17, 15) is 14.7 Å². The van der Waals surface area contributed by atoms with Gasteiger partial charge in [-0.25, -0.2) is 9.18 Å². The van der Waals surface area contributed by atoms with E-state index < -0.39 is 17.5 Å². The van der Waals surface area contributed by atoms with Crippen molar-refractivity contribution in [1.29, 1.82) is 0 Å². The number of carboxylic acid groups (broad SMARTS) is 1. The Bertz CT molecular complexity index is 1410. The zero-order chi connectivity index (χ0) is 31.7. The predicted octanol–water partition coefficient (Wildman–Crippen LogP) is 5.24. The Morgan fingerprint density at radius 1 is 1.07 bits per heavy atom. The molecule has 0 spiro atoms. The zero-order valence-corrected chi connectivity index (χ0v) is 26.0. The fourth-order valence-corrected chi connectivity index (χ4v) is 6.13. The summed E-state index contributed by atoms with van der Waals surface area (Å²) in [6.45, 7) is 5.49. The number of rotatable bonds is 13. The first kappa shape index (κ1) is 33.1. The highest BCUT2D eigenvalue weighted by Crippen LogP contribution is 2.44. The minimum absolute atomic E-state index is 0.102. The van der Waals surface area contributed by atoms with Gasteiger partial charge in [0.05, 0.1) is 5.60 Å². The molecule has 0 radical (unpaired) electrons. The molecule has 0 bridgehead atoms. The number of likely N-dealkylation sites (N-methyl/N-ethyl adjacent to an activating group) is 1. The number of benzene rings is 3. The Labute approximate surface area is 259 Å². The number of carbonyl (C=O) groups excluding carboxylic acids is 1. The maximum Gasteiger partial charge on any atom is 0.404 e. The van der Waals surface area contributed by atoms with Crippen molar-refractivity contribution in [2.24, 2.45) is 5.92 Å². The molecule has 2 unspecified atom stereocenters.